The number of hydrogen-bond donors (Lipinski definition) is 4. The molecule has 0 bridgehead atoms. The third-order valence-electron chi connectivity index (χ3n) is 2.17. The zero-order valence-electron chi connectivity index (χ0n) is 17.4. The van der Waals surface area contributed by atoms with Crippen LogP contribution in [0.1, 0.15) is 27.7 Å². The molecule has 0 atom stereocenters. The number of carbonyl (C=O) groups excluding carboxylic acids is 2. The van der Waals surface area contributed by atoms with Crippen molar-refractivity contribution < 1.29 is 70.2 Å². The van der Waals surface area contributed by atoms with Gasteiger partial charge in [-0.05, 0) is 0 Å². The van der Waals surface area contributed by atoms with Crippen molar-refractivity contribution in [3.63, 3.8) is 0 Å². The molecule has 0 spiro atoms. The minimum Gasteiger partial charge on any atom is -0.481 e. The molecular formula is C20H22Cl2N2O6Pd2-2. The quantitative estimate of drug-likeness (QED) is 0.277. The third-order valence-corrected chi connectivity index (χ3v) is 2.64. The minimum atomic E-state index is -0.833. The van der Waals surface area contributed by atoms with Crippen LogP contribution < -0.4 is 10.6 Å². The Bertz CT molecular complexity index is 742. The Kier molecular flexibility index (Phi) is 26.3. The van der Waals surface area contributed by atoms with Gasteiger partial charge < -0.3 is 20.8 Å². The smallest absolute Gasteiger partial charge is 0.300 e. The number of carboxylic acids is 2. The van der Waals surface area contributed by atoms with E-state index in [0.29, 0.717) is 21.4 Å². The number of carboxylic acid groups (broad SMARTS) is 2. The molecule has 12 heteroatoms. The van der Waals surface area contributed by atoms with E-state index in [-0.39, 0.29) is 52.7 Å². The first kappa shape index (κ1) is 37.5. The van der Waals surface area contributed by atoms with Crippen molar-refractivity contribution in [2.75, 3.05) is 10.6 Å². The maximum absolute atomic E-state index is 10.5. The molecule has 0 radical (unpaired) electrons. The van der Waals surface area contributed by atoms with E-state index in [1.165, 1.54) is 13.8 Å². The Morgan fingerprint density at radius 1 is 0.688 bits per heavy atom. The van der Waals surface area contributed by atoms with E-state index in [4.69, 9.17) is 43.0 Å². The molecule has 0 aliphatic heterocycles. The maximum Gasteiger partial charge on any atom is 0.300 e. The number of carbonyl (C=O) groups is 4. The summed E-state index contributed by atoms with van der Waals surface area (Å²) in [5.74, 6) is -1.88. The van der Waals surface area contributed by atoms with Crippen molar-refractivity contribution in [3.05, 3.63) is 58.6 Å². The van der Waals surface area contributed by atoms with Crippen LogP contribution in [-0.4, -0.2) is 34.0 Å². The molecule has 0 aromatic heterocycles. The standard InChI is InChI=1S/2C8H7ClNO.2C2H4O2.2Pd/c2*1-6(11)10-8-4-2-7(9)3-5-8;2*1-2(3)4;;/h2*2-4H,1H3,(H,10,11);2*1H3,(H,3,4);;/q2*-1;;;;. The molecule has 32 heavy (non-hydrogen) atoms. The molecule has 2 rings (SSSR count). The normalized spacial score (nSPS) is 7.94. The van der Waals surface area contributed by atoms with Gasteiger partial charge in [0.15, 0.2) is 0 Å². The zero-order chi connectivity index (χ0) is 23.7. The Hall–Kier alpha value is -1.78. The van der Waals surface area contributed by atoms with E-state index in [1.807, 2.05) is 0 Å². The molecule has 0 saturated carbocycles. The number of halogens is 2. The summed E-state index contributed by atoms with van der Waals surface area (Å²) in [5, 5.41) is 21.2. The molecule has 184 valence electrons. The number of hydrogen-bond acceptors (Lipinski definition) is 4. The first-order chi connectivity index (χ1) is 13.8. The van der Waals surface area contributed by atoms with Crippen molar-refractivity contribution >= 4 is 58.3 Å². The Morgan fingerprint density at radius 2 is 0.938 bits per heavy atom. The summed E-state index contributed by atoms with van der Waals surface area (Å²) in [5.41, 5.74) is 1.28. The monoisotopic (exact) mass is 668 g/mol. The summed E-state index contributed by atoms with van der Waals surface area (Å²) < 4.78 is 0. The Balaban J connectivity index is -0.000000177. The molecular weight excluding hydrogens is 648 g/mol. The van der Waals surface area contributed by atoms with Crippen molar-refractivity contribution in [3.8, 4) is 0 Å². The molecule has 0 aliphatic rings. The van der Waals surface area contributed by atoms with Gasteiger partial charge in [0.05, 0.1) is 0 Å². The SMILES string of the molecule is CC(=O)Nc1[c-]cc(Cl)cc1.CC(=O)Nc1[c-]cc(Cl)cc1.CC(=O)O.CC(=O)O.[Pd].[Pd]. The number of rotatable bonds is 2. The summed E-state index contributed by atoms with van der Waals surface area (Å²) in [6.45, 7) is 5.06. The van der Waals surface area contributed by atoms with E-state index in [2.05, 4.69) is 22.8 Å². The predicted octanol–water partition coefficient (Wildman–Crippen LogP) is 4.37. The van der Waals surface area contributed by atoms with Gasteiger partial charge in [0.2, 0.25) is 11.8 Å². The number of aliphatic carboxylic acids is 2. The van der Waals surface area contributed by atoms with Gasteiger partial charge in [-0.3, -0.25) is 19.2 Å². The third kappa shape index (κ3) is 30.4. The fourth-order valence-corrected chi connectivity index (χ4v) is 1.58. The molecule has 0 unspecified atom stereocenters. The molecule has 0 heterocycles. The van der Waals surface area contributed by atoms with Crippen molar-refractivity contribution in [2.24, 2.45) is 0 Å². The van der Waals surface area contributed by atoms with Crippen molar-refractivity contribution in [1.82, 2.24) is 0 Å². The molecule has 2 aromatic carbocycles. The van der Waals surface area contributed by atoms with Crippen molar-refractivity contribution in [2.45, 2.75) is 27.7 Å². The molecule has 2 aromatic rings. The summed E-state index contributed by atoms with van der Waals surface area (Å²) in [6.07, 6.45) is 0. The van der Waals surface area contributed by atoms with Crippen LogP contribution in [0.2, 0.25) is 10.0 Å². The fourth-order valence-electron chi connectivity index (χ4n) is 1.35. The number of nitrogens with one attached hydrogen (secondary N) is 2. The second-order valence-electron chi connectivity index (χ2n) is 5.24. The van der Waals surface area contributed by atoms with Gasteiger partial charge in [0.1, 0.15) is 0 Å². The molecule has 8 nitrogen and oxygen atoms in total. The van der Waals surface area contributed by atoms with Gasteiger partial charge in [0, 0.05) is 68.5 Å². The zero-order valence-corrected chi connectivity index (χ0v) is 22.0. The Morgan fingerprint density at radius 3 is 1.09 bits per heavy atom. The van der Waals surface area contributed by atoms with Crippen LogP contribution in [0.5, 0.6) is 0 Å². The topological polar surface area (TPSA) is 133 Å². The van der Waals surface area contributed by atoms with Crippen LogP contribution in [-0.2, 0) is 60.0 Å². The average molecular weight is 670 g/mol. The van der Waals surface area contributed by atoms with Gasteiger partial charge in [-0.2, -0.15) is 59.6 Å². The van der Waals surface area contributed by atoms with Crippen LogP contribution in [0.15, 0.2) is 36.4 Å². The van der Waals surface area contributed by atoms with E-state index < -0.39 is 11.9 Å². The molecule has 2 amide bonds. The summed E-state index contributed by atoms with van der Waals surface area (Å²) in [4.78, 5) is 39.1. The van der Waals surface area contributed by atoms with Crippen LogP contribution in [0.4, 0.5) is 11.4 Å². The molecule has 0 fully saturated rings. The van der Waals surface area contributed by atoms with Gasteiger partial charge >= 0.3 is 0 Å². The average Bonchev–Trinajstić information content (AvgIpc) is 2.58. The first-order valence-corrected chi connectivity index (χ1v) is 8.87. The van der Waals surface area contributed by atoms with Gasteiger partial charge in [0.25, 0.3) is 11.9 Å². The minimum absolute atomic E-state index is 0. The molecule has 0 aliphatic carbocycles. The molecule has 0 saturated heterocycles. The van der Waals surface area contributed by atoms with E-state index in [9.17, 15) is 9.59 Å². The van der Waals surface area contributed by atoms with Gasteiger partial charge in [-0.25, -0.2) is 0 Å². The summed E-state index contributed by atoms with van der Waals surface area (Å²) in [6, 6.07) is 15.6. The van der Waals surface area contributed by atoms with Crippen LogP contribution >= 0.6 is 23.2 Å². The Labute approximate surface area is 224 Å². The second-order valence-corrected chi connectivity index (χ2v) is 6.11. The molecule has 4 N–H and O–H groups in total. The second kappa shape index (κ2) is 22.4. The van der Waals surface area contributed by atoms with Gasteiger partial charge in [-0.1, -0.05) is 21.4 Å². The van der Waals surface area contributed by atoms with E-state index in [0.717, 1.165) is 13.8 Å². The van der Waals surface area contributed by atoms with Gasteiger partial charge in [-0.15, -0.1) is 12.1 Å². The summed E-state index contributed by atoms with van der Waals surface area (Å²) in [7, 11) is 0. The fraction of sp³-hybridized carbons (Fsp3) is 0.200. The van der Waals surface area contributed by atoms with Crippen LogP contribution in [0, 0.1) is 12.1 Å². The summed E-state index contributed by atoms with van der Waals surface area (Å²) >= 11 is 11.2. The maximum atomic E-state index is 10.5. The van der Waals surface area contributed by atoms with E-state index >= 15 is 0 Å². The predicted molar refractivity (Wildman–Crippen MR) is 116 cm³/mol. The van der Waals surface area contributed by atoms with E-state index in [1.54, 1.807) is 36.4 Å². The number of anilines is 2. The first-order valence-electron chi connectivity index (χ1n) is 8.12. The van der Waals surface area contributed by atoms with Crippen molar-refractivity contribution in [1.29, 1.82) is 0 Å². The number of amides is 2. The largest absolute Gasteiger partial charge is 0.481 e. The van der Waals surface area contributed by atoms with Crippen LogP contribution in [0.25, 0.3) is 0 Å². The van der Waals surface area contributed by atoms with Crippen LogP contribution in [0.3, 0.4) is 0 Å². The number of benzene rings is 2.